The molecule has 0 radical (unpaired) electrons. The maximum Gasteiger partial charge on any atom is 0.303 e. The maximum atomic E-state index is 10.6. The Morgan fingerprint density at radius 2 is 2.30 bits per heavy atom. The molecule has 0 unspecified atom stereocenters. The standard InChI is InChI=1S/C15H18N2O3/c1-10(5-6-14(18)19)17-13-9-12(20-2)8-11-4-3-7-16-15(11)13/h3-4,7-10,17H,5-6H2,1-2H3,(H,18,19)/t10-/m0/s1. The number of ether oxygens (including phenoxy) is 1. The summed E-state index contributed by atoms with van der Waals surface area (Å²) in [5.74, 6) is -0.0364. The monoisotopic (exact) mass is 274 g/mol. The molecule has 0 amide bonds. The van der Waals surface area contributed by atoms with Crippen LogP contribution >= 0.6 is 0 Å². The summed E-state index contributed by atoms with van der Waals surface area (Å²) >= 11 is 0. The van der Waals surface area contributed by atoms with Crippen molar-refractivity contribution in [3.63, 3.8) is 0 Å². The third-order valence-electron chi connectivity index (χ3n) is 3.11. The lowest BCUT2D eigenvalue weighted by Crippen LogP contribution is -2.17. The van der Waals surface area contributed by atoms with Crippen molar-refractivity contribution in [1.29, 1.82) is 0 Å². The van der Waals surface area contributed by atoms with Gasteiger partial charge in [-0.1, -0.05) is 6.07 Å². The summed E-state index contributed by atoms with van der Waals surface area (Å²) in [6.45, 7) is 1.96. The smallest absolute Gasteiger partial charge is 0.303 e. The zero-order valence-electron chi connectivity index (χ0n) is 11.6. The minimum atomic E-state index is -0.785. The second-order valence-corrected chi connectivity index (χ2v) is 4.73. The number of carbonyl (C=O) groups is 1. The molecular formula is C15H18N2O3. The number of pyridine rings is 1. The van der Waals surface area contributed by atoms with Crippen molar-refractivity contribution in [2.75, 3.05) is 12.4 Å². The summed E-state index contributed by atoms with van der Waals surface area (Å²) < 4.78 is 5.28. The average Bonchev–Trinajstić information content (AvgIpc) is 2.45. The Hall–Kier alpha value is -2.30. The van der Waals surface area contributed by atoms with E-state index in [-0.39, 0.29) is 12.5 Å². The second-order valence-electron chi connectivity index (χ2n) is 4.73. The number of aliphatic carboxylic acids is 1. The number of anilines is 1. The second kappa shape index (κ2) is 6.23. The number of fused-ring (bicyclic) bond motifs is 1. The predicted octanol–water partition coefficient (Wildman–Crippen LogP) is 2.91. The first-order valence-electron chi connectivity index (χ1n) is 6.51. The van der Waals surface area contributed by atoms with E-state index in [4.69, 9.17) is 9.84 Å². The fraction of sp³-hybridized carbons (Fsp3) is 0.333. The molecule has 2 N–H and O–H groups in total. The lowest BCUT2D eigenvalue weighted by Gasteiger charge is -2.16. The van der Waals surface area contributed by atoms with Crippen molar-refractivity contribution in [1.82, 2.24) is 4.98 Å². The molecule has 0 aliphatic rings. The Kier molecular flexibility index (Phi) is 4.40. The Balaban J connectivity index is 2.25. The van der Waals surface area contributed by atoms with Crippen LogP contribution in [-0.2, 0) is 4.79 Å². The van der Waals surface area contributed by atoms with Crippen LogP contribution in [0.25, 0.3) is 10.9 Å². The average molecular weight is 274 g/mol. The molecule has 0 aliphatic carbocycles. The van der Waals surface area contributed by atoms with Crippen molar-refractivity contribution < 1.29 is 14.6 Å². The molecule has 1 aromatic heterocycles. The van der Waals surface area contributed by atoms with Crippen LogP contribution in [0.5, 0.6) is 5.75 Å². The van der Waals surface area contributed by atoms with Crippen LogP contribution in [0, 0.1) is 0 Å². The van der Waals surface area contributed by atoms with Gasteiger partial charge >= 0.3 is 5.97 Å². The van der Waals surface area contributed by atoms with Gasteiger partial charge in [0.15, 0.2) is 0 Å². The van der Waals surface area contributed by atoms with E-state index >= 15 is 0 Å². The number of hydrogen-bond donors (Lipinski definition) is 2. The molecule has 1 atom stereocenters. The molecule has 2 aromatic rings. The summed E-state index contributed by atoms with van der Waals surface area (Å²) in [4.78, 5) is 15.0. The molecule has 5 heteroatoms. The van der Waals surface area contributed by atoms with Crippen molar-refractivity contribution in [3.8, 4) is 5.75 Å². The largest absolute Gasteiger partial charge is 0.497 e. The van der Waals surface area contributed by atoms with Gasteiger partial charge in [-0.05, 0) is 25.5 Å². The molecule has 2 rings (SSSR count). The van der Waals surface area contributed by atoms with Crippen molar-refractivity contribution in [2.45, 2.75) is 25.8 Å². The molecule has 106 valence electrons. The summed E-state index contributed by atoms with van der Waals surface area (Å²) in [5, 5.41) is 13.0. The summed E-state index contributed by atoms with van der Waals surface area (Å²) in [6.07, 6.45) is 2.44. The first-order valence-corrected chi connectivity index (χ1v) is 6.51. The van der Waals surface area contributed by atoms with Gasteiger partial charge in [-0.2, -0.15) is 0 Å². The van der Waals surface area contributed by atoms with Crippen LogP contribution in [0.15, 0.2) is 30.5 Å². The molecule has 0 spiro atoms. The normalized spacial score (nSPS) is 12.1. The highest BCUT2D eigenvalue weighted by atomic mass is 16.5. The maximum absolute atomic E-state index is 10.6. The number of carboxylic acid groups (broad SMARTS) is 1. The summed E-state index contributed by atoms with van der Waals surface area (Å²) in [7, 11) is 1.62. The highest BCUT2D eigenvalue weighted by molar-refractivity contribution is 5.91. The molecule has 0 fully saturated rings. The van der Waals surface area contributed by atoms with Crippen LogP contribution in [0.3, 0.4) is 0 Å². The van der Waals surface area contributed by atoms with Gasteiger partial charge in [-0.25, -0.2) is 0 Å². The van der Waals surface area contributed by atoms with E-state index in [1.807, 2.05) is 31.2 Å². The molecule has 0 saturated carbocycles. The van der Waals surface area contributed by atoms with E-state index in [2.05, 4.69) is 10.3 Å². The third-order valence-corrected chi connectivity index (χ3v) is 3.11. The first-order chi connectivity index (χ1) is 9.60. The Labute approximate surface area is 117 Å². The zero-order valence-corrected chi connectivity index (χ0v) is 11.6. The molecule has 1 aromatic carbocycles. The highest BCUT2D eigenvalue weighted by Gasteiger charge is 2.10. The van der Waals surface area contributed by atoms with E-state index in [0.717, 1.165) is 22.3 Å². The SMILES string of the molecule is COc1cc(N[C@@H](C)CCC(=O)O)c2ncccc2c1. The minimum Gasteiger partial charge on any atom is -0.497 e. The fourth-order valence-electron chi connectivity index (χ4n) is 2.07. The number of nitrogens with zero attached hydrogens (tertiary/aromatic N) is 1. The molecule has 0 bridgehead atoms. The van der Waals surface area contributed by atoms with E-state index in [1.54, 1.807) is 13.3 Å². The molecular weight excluding hydrogens is 256 g/mol. The van der Waals surface area contributed by atoms with Crippen LogP contribution in [0.1, 0.15) is 19.8 Å². The van der Waals surface area contributed by atoms with E-state index in [0.29, 0.717) is 6.42 Å². The topological polar surface area (TPSA) is 71.5 Å². The number of hydrogen-bond acceptors (Lipinski definition) is 4. The van der Waals surface area contributed by atoms with Crippen molar-refractivity contribution in [2.24, 2.45) is 0 Å². The van der Waals surface area contributed by atoms with Crippen LogP contribution in [0.4, 0.5) is 5.69 Å². The van der Waals surface area contributed by atoms with Gasteiger partial charge in [0.1, 0.15) is 5.75 Å². The molecule has 1 heterocycles. The van der Waals surface area contributed by atoms with E-state index in [9.17, 15) is 4.79 Å². The van der Waals surface area contributed by atoms with E-state index < -0.39 is 5.97 Å². The van der Waals surface area contributed by atoms with Gasteiger partial charge in [-0.3, -0.25) is 9.78 Å². The van der Waals surface area contributed by atoms with Crippen molar-refractivity contribution in [3.05, 3.63) is 30.5 Å². The van der Waals surface area contributed by atoms with Gasteiger partial charge in [0.2, 0.25) is 0 Å². The molecule has 5 nitrogen and oxygen atoms in total. The number of aromatic nitrogens is 1. The van der Waals surface area contributed by atoms with Gasteiger partial charge < -0.3 is 15.2 Å². The zero-order chi connectivity index (χ0) is 14.5. The number of methoxy groups -OCH3 is 1. The highest BCUT2D eigenvalue weighted by Crippen LogP contribution is 2.28. The fourth-order valence-corrected chi connectivity index (χ4v) is 2.07. The Morgan fingerprint density at radius 1 is 1.50 bits per heavy atom. The lowest BCUT2D eigenvalue weighted by atomic mass is 10.1. The predicted molar refractivity (Wildman–Crippen MR) is 78.2 cm³/mol. The molecule has 0 saturated heterocycles. The van der Waals surface area contributed by atoms with E-state index in [1.165, 1.54) is 0 Å². The van der Waals surface area contributed by atoms with Crippen LogP contribution in [0.2, 0.25) is 0 Å². The molecule has 20 heavy (non-hydrogen) atoms. The van der Waals surface area contributed by atoms with Gasteiger partial charge in [0, 0.05) is 30.1 Å². The quantitative estimate of drug-likeness (QED) is 0.847. The number of rotatable bonds is 6. The summed E-state index contributed by atoms with van der Waals surface area (Å²) in [5.41, 5.74) is 1.72. The lowest BCUT2D eigenvalue weighted by molar-refractivity contribution is -0.137. The van der Waals surface area contributed by atoms with Crippen LogP contribution < -0.4 is 10.1 Å². The molecule has 0 aliphatic heterocycles. The number of carboxylic acids is 1. The van der Waals surface area contributed by atoms with Crippen molar-refractivity contribution >= 4 is 22.6 Å². The third kappa shape index (κ3) is 3.38. The van der Waals surface area contributed by atoms with Gasteiger partial charge in [-0.15, -0.1) is 0 Å². The number of benzene rings is 1. The summed E-state index contributed by atoms with van der Waals surface area (Å²) in [6, 6.07) is 7.70. The minimum absolute atomic E-state index is 0.0448. The Morgan fingerprint density at radius 3 is 3.00 bits per heavy atom. The first kappa shape index (κ1) is 14.1. The Bertz CT molecular complexity index is 613. The van der Waals surface area contributed by atoms with Gasteiger partial charge in [0.25, 0.3) is 0 Å². The van der Waals surface area contributed by atoms with Crippen LogP contribution in [-0.4, -0.2) is 29.2 Å². The van der Waals surface area contributed by atoms with Gasteiger partial charge in [0.05, 0.1) is 18.3 Å². The number of nitrogens with one attached hydrogen (secondary N) is 1.